The molecule has 4 heterocycles. The molecule has 33 heavy (non-hydrogen) atoms. The largest absolute Gasteiger partial charge is 0.481 e. The highest BCUT2D eigenvalue weighted by atomic mass is 16.5. The molecular weight excluding hydrogens is 422 g/mol. The zero-order valence-electron chi connectivity index (χ0n) is 19.2. The van der Waals surface area contributed by atoms with Crippen LogP contribution in [0.15, 0.2) is 36.5 Å². The van der Waals surface area contributed by atoms with Crippen LogP contribution in [0.1, 0.15) is 37.4 Å². The van der Waals surface area contributed by atoms with Crippen molar-refractivity contribution in [1.82, 2.24) is 19.8 Å². The number of fused-ring (bicyclic) bond motifs is 1. The molecule has 0 aromatic carbocycles. The number of urea groups is 1. The van der Waals surface area contributed by atoms with Crippen LogP contribution in [-0.4, -0.2) is 76.2 Å². The van der Waals surface area contributed by atoms with Crippen LogP contribution >= 0.6 is 0 Å². The highest BCUT2D eigenvalue weighted by molar-refractivity contribution is 5.77. The number of carboxylic acids is 1. The summed E-state index contributed by atoms with van der Waals surface area (Å²) in [7, 11) is 0. The van der Waals surface area contributed by atoms with Crippen LogP contribution in [-0.2, 0) is 17.6 Å². The molecule has 0 saturated carbocycles. The molecule has 1 fully saturated rings. The van der Waals surface area contributed by atoms with E-state index >= 15 is 0 Å². The Bertz CT molecular complexity index is 909. The molecule has 0 aliphatic carbocycles. The maximum Gasteiger partial charge on any atom is 0.320 e. The Morgan fingerprint density at radius 2 is 2.00 bits per heavy atom. The summed E-state index contributed by atoms with van der Waals surface area (Å²) in [5.74, 6) is 0.837. The van der Waals surface area contributed by atoms with Gasteiger partial charge in [0.15, 0.2) is 0 Å². The van der Waals surface area contributed by atoms with Crippen molar-refractivity contribution in [3.05, 3.63) is 47.8 Å². The fraction of sp³-hybridized carbons (Fsp3) is 0.500. The average molecular weight is 456 g/mol. The lowest BCUT2D eigenvalue weighted by Gasteiger charge is -2.19. The Labute approximate surface area is 194 Å². The van der Waals surface area contributed by atoms with Gasteiger partial charge in [0, 0.05) is 50.7 Å². The third-order valence-corrected chi connectivity index (χ3v) is 5.52. The van der Waals surface area contributed by atoms with E-state index in [2.05, 4.69) is 27.4 Å². The third kappa shape index (κ3) is 7.62. The second-order valence-electron chi connectivity index (χ2n) is 7.95. The van der Waals surface area contributed by atoms with Crippen LogP contribution in [0.25, 0.3) is 0 Å². The Hall–Kier alpha value is -3.36. The molecule has 2 aliphatic rings. The number of nitrogens with one attached hydrogen (secondary N) is 1. The number of carboxylic acid groups (broad SMARTS) is 1. The molecule has 9 heteroatoms. The number of amides is 2. The number of nitrogens with zero attached hydrogens (tertiary/aromatic N) is 4. The fourth-order valence-electron chi connectivity index (χ4n) is 3.82. The normalized spacial score (nSPS) is 14.8. The number of aryl methyl sites for hydroxylation is 2. The van der Waals surface area contributed by atoms with Crippen LogP contribution in [0.2, 0.25) is 0 Å². The van der Waals surface area contributed by atoms with Crippen LogP contribution in [0.5, 0.6) is 5.88 Å². The molecule has 178 valence electrons. The van der Waals surface area contributed by atoms with E-state index in [0.717, 1.165) is 43.7 Å². The first-order valence-electron chi connectivity index (χ1n) is 11.6. The van der Waals surface area contributed by atoms with Crippen molar-refractivity contribution in [1.29, 1.82) is 0 Å². The number of ether oxygens (including phenoxy) is 1. The van der Waals surface area contributed by atoms with E-state index in [1.807, 2.05) is 25.1 Å². The van der Waals surface area contributed by atoms with Crippen LogP contribution in [0.3, 0.4) is 0 Å². The molecular formula is C24H33N5O4. The molecule has 2 aliphatic heterocycles. The summed E-state index contributed by atoms with van der Waals surface area (Å²) in [5, 5.41) is 12.1. The molecule has 0 atom stereocenters. The average Bonchev–Trinajstić information content (AvgIpc) is 3.18. The van der Waals surface area contributed by atoms with Crippen LogP contribution in [0, 0.1) is 0 Å². The second kappa shape index (κ2) is 12.6. The van der Waals surface area contributed by atoms with Crippen molar-refractivity contribution in [3.63, 3.8) is 0 Å². The molecule has 0 bridgehead atoms. The van der Waals surface area contributed by atoms with Gasteiger partial charge in [-0.05, 0) is 50.3 Å². The Balaban J connectivity index is 0.000000286. The van der Waals surface area contributed by atoms with Crippen LogP contribution < -0.4 is 10.1 Å². The number of carbonyl (C=O) groups excluding carboxylic acids is 1. The number of hydrogen-bond acceptors (Lipinski definition) is 6. The molecule has 0 unspecified atom stereocenters. The first-order chi connectivity index (χ1) is 16.1. The zero-order chi connectivity index (χ0) is 23.5. The molecule has 0 radical (unpaired) electrons. The van der Waals surface area contributed by atoms with Gasteiger partial charge < -0.3 is 25.0 Å². The first kappa shape index (κ1) is 24.3. The maximum atomic E-state index is 12.2. The number of aliphatic carboxylic acids is 1. The zero-order valence-corrected chi connectivity index (χ0v) is 19.2. The SMILES string of the molecule is CCOc1ccccn1.O=C(O)CCN1CCN(CCCc2ccc3c(n2)NCCC3)C1=O. The lowest BCUT2D eigenvalue weighted by Crippen LogP contribution is -2.33. The van der Waals surface area contributed by atoms with E-state index in [9.17, 15) is 9.59 Å². The second-order valence-corrected chi connectivity index (χ2v) is 7.95. The molecule has 2 N–H and O–H groups in total. The Morgan fingerprint density at radius 3 is 2.73 bits per heavy atom. The quantitative estimate of drug-likeness (QED) is 0.598. The predicted octanol–water partition coefficient (Wildman–Crippen LogP) is 3.06. The van der Waals surface area contributed by atoms with E-state index in [1.165, 1.54) is 5.56 Å². The minimum Gasteiger partial charge on any atom is -0.481 e. The first-order valence-corrected chi connectivity index (χ1v) is 11.6. The number of carbonyl (C=O) groups is 2. The van der Waals surface area contributed by atoms with Crippen LogP contribution in [0.4, 0.5) is 10.6 Å². The number of aromatic nitrogens is 2. The lowest BCUT2D eigenvalue weighted by atomic mass is 10.1. The molecule has 2 aromatic rings. The Kier molecular flexibility index (Phi) is 9.29. The van der Waals surface area contributed by atoms with Crippen molar-refractivity contribution < 1.29 is 19.4 Å². The number of pyridine rings is 2. The molecule has 2 amide bonds. The minimum atomic E-state index is -0.867. The predicted molar refractivity (Wildman–Crippen MR) is 126 cm³/mol. The topological polar surface area (TPSA) is 108 Å². The van der Waals surface area contributed by atoms with E-state index in [1.54, 1.807) is 16.0 Å². The van der Waals surface area contributed by atoms with Gasteiger partial charge in [-0.3, -0.25) is 4.79 Å². The molecule has 1 saturated heterocycles. The van der Waals surface area contributed by atoms with Crippen molar-refractivity contribution in [3.8, 4) is 5.88 Å². The number of rotatable bonds is 9. The standard InChI is InChI=1S/C17H24N4O3.C7H9NO/c22-15(23)7-10-21-12-11-20(17(21)24)9-2-4-14-6-5-13-3-1-8-18-16(13)19-14;1-2-9-7-5-3-4-6-8-7/h5-6H,1-4,7-12H2,(H,18,19)(H,22,23);3-6H,2H2,1H3. The summed E-state index contributed by atoms with van der Waals surface area (Å²) in [6.45, 7) is 5.88. The van der Waals surface area contributed by atoms with Crippen molar-refractivity contribution >= 4 is 17.8 Å². The number of anilines is 1. The number of hydrogen-bond donors (Lipinski definition) is 2. The monoisotopic (exact) mass is 455 g/mol. The highest BCUT2D eigenvalue weighted by Crippen LogP contribution is 2.20. The van der Waals surface area contributed by atoms with Crippen molar-refractivity contribution in [2.75, 3.05) is 44.6 Å². The van der Waals surface area contributed by atoms with Gasteiger partial charge in [0.05, 0.1) is 13.0 Å². The smallest absolute Gasteiger partial charge is 0.320 e. The summed E-state index contributed by atoms with van der Waals surface area (Å²) in [5.41, 5.74) is 2.34. The molecule has 4 rings (SSSR count). The summed E-state index contributed by atoms with van der Waals surface area (Å²) >= 11 is 0. The van der Waals surface area contributed by atoms with E-state index < -0.39 is 5.97 Å². The van der Waals surface area contributed by atoms with Gasteiger partial charge >= 0.3 is 12.0 Å². The van der Waals surface area contributed by atoms with Gasteiger partial charge in [0.25, 0.3) is 0 Å². The lowest BCUT2D eigenvalue weighted by molar-refractivity contribution is -0.137. The van der Waals surface area contributed by atoms with E-state index in [4.69, 9.17) is 9.84 Å². The molecule has 2 aromatic heterocycles. The minimum absolute atomic E-state index is 0.00558. The van der Waals surface area contributed by atoms with Gasteiger partial charge in [-0.25, -0.2) is 14.8 Å². The summed E-state index contributed by atoms with van der Waals surface area (Å²) in [6, 6.07) is 9.79. The van der Waals surface area contributed by atoms with E-state index in [0.29, 0.717) is 38.7 Å². The Morgan fingerprint density at radius 1 is 1.18 bits per heavy atom. The van der Waals surface area contributed by atoms with Gasteiger partial charge in [-0.2, -0.15) is 0 Å². The van der Waals surface area contributed by atoms with Gasteiger partial charge in [0.1, 0.15) is 5.82 Å². The maximum absolute atomic E-state index is 12.2. The van der Waals surface area contributed by atoms with Gasteiger partial charge in [-0.15, -0.1) is 0 Å². The molecule has 0 spiro atoms. The molecule has 9 nitrogen and oxygen atoms in total. The van der Waals surface area contributed by atoms with E-state index in [-0.39, 0.29) is 12.5 Å². The summed E-state index contributed by atoms with van der Waals surface area (Å²) in [4.78, 5) is 34.8. The third-order valence-electron chi connectivity index (χ3n) is 5.52. The summed E-state index contributed by atoms with van der Waals surface area (Å²) in [6.07, 6.45) is 5.67. The van der Waals surface area contributed by atoms with Gasteiger partial charge in [0.2, 0.25) is 5.88 Å². The highest BCUT2D eigenvalue weighted by Gasteiger charge is 2.27. The van der Waals surface area contributed by atoms with Gasteiger partial charge in [-0.1, -0.05) is 12.1 Å². The van der Waals surface area contributed by atoms with Crippen molar-refractivity contribution in [2.24, 2.45) is 0 Å². The summed E-state index contributed by atoms with van der Waals surface area (Å²) < 4.78 is 5.09. The van der Waals surface area contributed by atoms with Crippen molar-refractivity contribution in [2.45, 2.75) is 39.0 Å². The fourth-order valence-corrected chi connectivity index (χ4v) is 3.82.